The number of halogens is 1. The maximum atomic E-state index is 14.2. The molecule has 0 fully saturated rings. The lowest BCUT2D eigenvalue weighted by molar-refractivity contribution is -0.122. The minimum absolute atomic E-state index is 0.291. The van der Waals surface area contributed by atoms with Gasteiger partial charge in [-0.25, -0.2) is 9.37 Å². The number of aromatic nitrogens is 1. The third-order valence-electron chi connectivity index (χ3n) is 4.89. The number of carbonyl (C=O) groups is 1. The van der Waals surface area contributed by atoms with Gasteiger partial charge in [-0.3, -0.25) is 4.79 Å². The van der Waals surface area contributed by atoms with Crippen LogP contribution in [0, 0.1) is 5.82 Å². The number of hydrogen-bond acceptors (Lipinski definition) is 5. The van der Waals surface area contributed by atoms with Crippen LogP contribution in [0.3, 0.4) is 0 Å². The molecular weight excluding hydrogens is 439 g/mol. The van der Waals surface area contributed by atoms with E-state index in [9.17, 15) is 9.18 Å². The largest absolute Gasteiger partial charge is 0.494 e. The molecule has 0 aliphatic carbocycles. The average Bonchev–Trinajstić information content (AvgIpc) is 3.31. The van der Waals surface area contributed by atoms with Gasteiger partial charge < -0.3 is 14.8 Å². The van der Waals surface area contributed by atoms with E-state index in [1.165, 1.54) is 17.4 Å². The van der Waals surface area contributed by atoms with Crippen molar-refractivity contribution >= 4 is 22.9 Å². The fourth-order valence-corrected chi connectivity index (χ4v) is 4.09. The first-order valence-electron chi connectivity index (χ1n) is 10.6. The predicted octanol–water partition coefficient (Wildman–Crippen LogP) is 6.42. The van der Waals surface area contributed by atoms with Crippen LogP contribution in [-0.2, 0) is 4.79 Å². The van der Waals surface area contributed by atoms with Crippen molar-refractivity contribution in [3.63, 3.8) is 0 Å². The number of carbonyl (C=O) groups excluding carboxylic acids is 1. The lowest BCUT2D eigenvalue weighted by Gasteiger charge is -2.16. The summed E-state index contributed by atoms with van der Waals surface area (Å²) in [7, 11) is 0. The Morgan fingerprint density at radius 3 is 2.39 bits per heavy atom. The van der Waals surface area contributed by atoms with Gasteiger partial charge in [-0.2, -0.15) is 0 Å². The highest BCUT2D eigenvalue weighted by atomic mass is 32.1. The first-order chi connectivity index (χ1) is 16.0. The van der Waals surface area contributed by atoms with Crippen molar-refractivity contribution in [2.24, 2.45) is 0 Å². The van der Waals surface area contributed by atoms with Crippen LogP contribution in [0.15, 0.2) is 78.2 Å². The third kappa shape index (κ3) is 5.38. The fourth-order valence-electron chi connectivity index (χ4n) is 3.24. The summed E-state index contributed by atoms with van der Waals surface area (Å²) in [4.78, 5) is 17.4. The fraction of sp³-hybridized carbons (Fsp3) is 0.154. The minimum atomic E-state index is -0.722. The van der Waals surface area contributed by atoms with Crippen LogP contribution in [0.25, 0.3) is 21.8 Å². The number of nitrogens with one attached hydrogen (secondary N) is 1. The van der Waals surface area contributed by atoms with Crippen molar-refractivity contribution in [2.75, 3.05) is 11.9 Å². The molecule has 1 atom stereocenters. The van der Waals surface area contributed by atoms with Crippen molar-refractivity contribution < 1.29 is 18.7 Å². The zero-order valence-electron chi connectivity index (χ0n) is 18.2. The molecule has 168 valence electrons. The summed E-state index contributed by atoms with van der Waals surface area (Å²) in [6.07, 6.45) is -0.722. The van der Waals surface area contributed by atoms with Crippen LogP contribution >= 0.6 is 11.3 Å². The summed E-state index contributed by atoms with van der Waals surface area (Å²) in [5.74, 6) is 0.707. The molecule has 4 aromatic rings. The SMILES string of the molecule is CCOc1ccc(OC(C)C(=O)Nc2ccccc2-c2csc(-c3ccccc3F)n2)cc1. The van der Waals surface area contributed by atoms with Crippen molar-refractivity contribution in [3.8, 4) is 33.3 Å². The molecule has 0 saturated carbocycles. The molecule has 0 aliphatic heterocycles. The Kier molecular flexibility index (Phi) is 7.00. The molecule has 5 nitrogen and oxygen atoms in total. The first kappa shape index (κ1) is 22.5. The van der Waals surface area contributed by atoms with Gasteiger partial charge in [0.2, 0.25) is 0 Å². The van der Waals surface area contributed by atoms with Crippen LogP contribution < -0.4 is 14.8 Å². The Bertz CT molecular complexity index is 1240. The van der Waals surface area contributed by atoms with Gasteiger partial charge in [0.1, 0.15) is 22.3 Å². The van der Waals surface area contributed by atoms with Crippen LogP contribution in [-0.4, -0.2) is 23.6 Å². The molecule has 0 bridgehead atoms. The van der Waals surface area contributed by atoms with Gasteiger partial charge in [-0.15, -0.1) is 11.3 Å². The number of thiazole rings is 1. The summed E-state index contributed by atoms with van der Waals surface area (Å²) in [5.41, 5.74) is 2.47. The second-order valence-electron chi connectivity index (χ2n) is 7.22. The number of anilines is 1. The molecule has 1 heterocycles. The number of benzene rings is 3. The van der Waals surface area contributed by atoms with Gasteiger partial charge in [0.25, 0.3) is 5.91 Å². The summed E-state index contributed by atoms with van der Waals surface area (Å²) >= 11 is 1.35. The topological polar surface area (TPSA) is 60.5 Å². The zero-order chi connectivity index (χ0) is 23.2. The van der Waals surface area contributed by atoms with Gasteiger partial charge in [-0.05, 0) is 56.3 Å². The number of ether oxygens (including phenoxy) is 2. The Hall–Kier alpha value is -3.71. The lowest BCUT2D eigenvalue weighted by Crippen LogP contribution is -2.30. The molecule has 1 amide bonds. The van der Waals surface area contributed by atoms with Crippen molar-refractivity contribution in [2.45, 2.75) is 20.0 Å². The van der Waals surface area contributed by atoms with Gasteiger partial charge in [0.05, 0.1) is 18.0 Å². The van der Waals surface area contributed by atoms with Crippen LogP contribution in [0.5, 0.6) is 11.5 Å². The number of para-hydroxylation sites is 1. The second-order valence-corrected chi connectivity index (χ2v) is 8.08. The second kappa shape index (κ2) is 10.3. The Morgan fingerprint density at radius 1 is 1.00 bits per heavy atom. The van der Waals surface area contributed by atoms with E-state index < -0.39 is 6.10 Å². The third-order valence-corrected chi connectivity index (χ3v) is 5.76. The minimum Gasteiger partial charge on any atom is -0.494 e. The summed E-state index contributed by atoms with van der Waals surface area (Å²) in [5, 5.41) is 5.36. The van der Waals surface area contributed by atoms with Gasteiger partial charge >= 0.3 is 0 Å². The molecule has 0 spiro atoms. The average molecular weight is 463 g/mol. The summed E-state index contributed by atoms with van der Waals surface area (Å²) < 4.78 is 25.4. The van der Waals surface area contributed by atoms with E-state index in [4.69, 9.17) is 9.47 Å². The van der Waals surface area contributed by atoms with Crippen LogP contribution in [0.1, 0.15) is 13.8 Å². The molecule has 1 N–H and O–H groups in total. The van der Waals surface area contributed by atoms with Crippen molar-refractivity contribution in [3.05, 3.63) is 84.0 Å². The Balaban J connectivity index is 1.48. The number of rotatable bonds is 8. The molecule has 3 aromatic carbocycles. The Labute approximate surface area is 195 Å². The number of nitrogens with zero attached hydrogens (tertiary/aromatic N) is 1. The maximum Gasteiger partial charge on any atom is 0.265 e. The summed E-state index contributed by atoms with van der Waals surface area (Å²) in [6, 6.07) is 21.0. The van der Waals surface area contributed by atoms with E-state index in [1.54, 1.807) is 55.5 Å². The van der Waals surface area contributed by atoms with E-state index in [-0.39, 0.29) is 11.7 Å². The lowest BCUT2D eigenvalue weighted by atomic mass is 10.1. The molecule has 0 radical (unpaired) electrons. The highest BCUT2D eigenvalue weighted by Crippen LogP contribution is 2.33. The molecule has 1 unspecified atom stereocenters. The standard InChI is InChI=1S/C26H23FN2O3S/c1-3-31-18-12-14-19(15-13-18)32-17(2)25(30)28-23-11-7-5-9-21(23)24-16-33-26(29-24)20-8-4-6-10-22(20)27/h4-17H,3H2,1-2H3,(H,28,30). The van der Waals surface area contributed by atoms with E-state index in [0.29, 0.717) is 34.3 Å². The quantitative estimate of drug-likeness (QED) is 0.328. The van der Waals surface area contributed by atoms with E-state index in [2.05, 4.69) is 10.3 Å². The molecule has 1 aromatic heterocycles. The monoisotopic (exact) mass is 462 g/mol. The van der Waals surface area contributed by atoms with Gasteiger partial charge in [0, 0.05) is 16.5 Å². The highest BCUT2D eigenvalue weighted by Gasteiger charge is 2.18. The van der Waals surface area contributed by atoms with E-state index in [0.717, 1.165) is 11.3 Å². The predicted molar refractivity (Wildman–Crippen MR) is 129 cm³/mol. The molecular formula is C26H23FN2O3S. The van der Waals surface area contributed by atoms with E-state index >= 15 is 0 Å². The normalized spacial score (nSPS) is 11.6. The van der Waals surface area contributed by atoms with Gasteiger partial charge in [0.15, 0.2) is 6.10 Å². The number of amides is 1. The Morgan fingerprint density at radius 2 is 1.67 bits per heavy atom. The van der Waals surface area contributed by atoms with Crippen LogP contribution in [0.4, 0.5) is 10.1 Å². The van der Waals surface area contributed by atoms with Crippen LogP contribution in [0.2, 0.25) is 0 Å². The molecule has 4 rings (SSSR count). The first-order valence-corrected chi connectivity index (χ1v) is 11.4. The van der Waals surface area contributed by atoms with Crippen molar-refractivity contribution in [1.29, 1.82) is 0 Å². The van der Waals surface area contributed by atoms with Gasteiger partial charge in [-0.1, -0.05) is 30.3 Å². The number of hydrogen-bond donors (Lipinski definition) is 1. The maximum absolute atomic E-state index is 14.2. The van der Waals surface area contributed by atoms with Crippen molar-refractivity contribution in [1.82, 2.24) is 4.98 Å². The zero-order valence-corrected chi connectivity index (χ0v) is 19.1. The molecule has 33 heavy (non-hydrogen) atoms. The smallest absolute Gasteiger partial charge is 0.265 e. The molecule has 0 saturated heterocycles. The summed E-state index contributed by atoms with van der Waals surface area (Å²) in [6.45, 7) is 4.19. The van der Waals surface area contributed by atoms with E-state index in [1.807, 2.05) is 30.5 Å². The highest BCUT2D eigenvalue weighted by molar-refractivity contribution is 7.13. The molecule has 7 heteroatoms. The molecule has 0 aliphatic rings.